The van der Waals surface area contributed by atoms with Crippen molar-refractivity contribution in [2.45, 2.75) is 31.2 Å². The average Bonchev–Trinajstić information content (AvgIpc) is 3.14. The molecule has 1 aromatic rings. The predicted molar refractivity (Wildman–Crippen MR) is 67.5 cm³/mol. The molecule has 9 nitrogen and oxygen atoms in total. The van der Waals surface area contributed by atoms with Gasteiger partial charge in [0.15, 0.2) is 5.69 Å². The number of methoxy groups -OCH3 is 1. The van der Waals surface area contributed by atoms with Crippen LogP contribution in [0.2, 0.25) is 0 Å². The first-order valence-corrected chi connectivity index (χ1v) is 6.60. The number of fused-ring (bicyclic) bond motifs is 1. The molecule has 3 rings (SSSR count). The lowest BCUT2D eigenvalue weighted by molar-refractivity contribution is -0.120. The van der Waals surface area contributed by atoms with Crippen LogP contribution in [0.4, 0.5) is 0 Å². The lowest BCUT2D eigenvalue weighted by Crippen LogP contribution is -2.43. The maximum Gasteiger partial charge on any atom is 0.360 e. The molecule has 1 aromatic heterocycles. The van der Waals surface area contributed by atoms with E-state index in [1.807, 2.05) is 0 Å². The maximum atomic E-state index is 11.4. The second-order valence-corrected chi connectivity index (χ2v) is 5.05. The van der Waals surface area contributed by atoms with E-state index >= 15 is 0 Å². The smallest absolute Gasteiger partial charge is 0.360 e. The molecular weight excluding hydrogens is 280 g/mol. The van der Waals surface area contributed by atoms with Crippen LogP contribution in [-0.2, 0) is 19.0 Å². The van der Waals surface area contributed by atoms with E-state index in [-0.39, 0.29) is 35.9 Å². The van der Waals surface area contributed by atoms with Gasteiger partial charge in [-0.25, -0.2) is 9.48 Å². The van der Waals surface area contributed by atoms with Crippen molar-refractivity contribution in [3.05, 3.63) is 11.9 Å². The van der Waals surface area contributed by atoms with Crippen molar-refractivity contribution in [1.82, 2.24) is 20.3 Å². The molecule has 2 aliphatic rings. The summed E-state index contributed by atoms with van der Waals surface area (Å²) in [5, 5.41) is 10.5. The average molecular weight is 296 g/mol. The summed E-state index contributed by atoms with van der Waals surface area (Å²) in [6, 6.07) is -0.347. The van der Waals surface area contributed by atoms with Gasteiger partial charge in [-0.2, -0.15) is 0 Å². The number of hydrogen-bond acceptors (Lipinski definition) is 7. The highest BCUT2D eigenvalue weighted by atomic mass is 16.6. The molecule has 21 heavy (non-hydrogen) atoms. The second-order valence-electron chi connectivity index (χ2n) is 5.05. The van der Waals surface area contributed by atoms with Crippen LogP contribution in [0.3, 0.4) is 0 Å². The Balaban J connectivity index is 1.72. The lowest BCUT2D eigenvalue weighted by Gasteiger charge is -2.16. The Morgan fingerprint density at radius 3 is 2.86 bits per heavy atom. The maximum absolute atomic E-state index is 11.4. The van der Waals surface area contributed by atoms with Gasteiger partial charge < -0.3 is 19.5 Å². The first-order chi connectivity index (χ1) is 10.1. The van der Waals surface area contributed by atoms with E-state index in [0.29, 0.717) is 13.2 Å². The number of ether oxygens (including phenoxy) is 3. The van der Waals surface area contributed by atoms with Gasteiger partial charge in [-0.1, -0.05) is 5.21 Å². The van der Waals surface area contributed by atoms with Gasteiger partial charge in [0, 0.05) is 6.92 Å². The first-order valence-electron chi connectivity index (χ1n) is 6.60. The number of aromatic nitrogens is 3. The quantitative estimate of drug-likeness (QED) is 0.706. The molecule has 9 heteroatoms. The molecular formula is C12H16N4O5. The number of nitrogens with zero attached hydrogens (tertiary/aromatic N) is 3. The Labute approximate surface area is 120 Å². The van der Waals surface area contributed by atoms with Crippen LogP contribution in [0.15, 0.2) is 6.20 Å². The SMILES string of the molecule is COC(=O)c1cn(C2COC3C(NC(C)=O)COC32)nn1. The molecule has 0 saturated carbocycles. The largest absolute Gasteiger partial charge is 0.464 e. The fraction of sp³-hybridized carbons (Fsp3) is 0.667. The Morgan fingerprint density at radius 1 is 1.38 bits per heavy atom. The minimum Gasteiger partial charge on any atom is -0.464 e. The molecule has 0 aromatic carbocycles. The number of carbonyl (C=O) groups is 2. The third-order valence-electron chi connectivity index (χ3n) is 3.66. The summed E-state index contributed by atoms with van der Waals surface area (Å²) in [5.74, 6) is -0.662. The Bertz CT molecular complexity index is 560. The van der Waals surface area contributed by atoms with Crippen LogP contribution in [0, 0.1) is 0 Å². The molecule has 0 aliphatic carbocycles. The predicted octanol–water partition coefficient (Wildman–Crippen LogP) is -1.09. The number of nitrogens with one attached hydrogen (secondary N) is 1. The molecule has 0 radical (unpaired) electrons. The zero-order valence-corrected chi connectivity index (χ0v) is 11.7. The van der Waals surface area contributed by atoms with E-state index in [4.69, 9.17) is 9.47 Å². The van der Waals surface area contributed by atoms with E-state index in [2.05, 4.69) is 20.4 Å². The van der Waals surface area contributed by atoms with Crippen LogP contribution in [0.1, 0.15) is 23.5 Å². The van der Waals surface area contributed by atoms with Gasteiger partial charge in [0.1, 0.15) is 18.2 Å². The molecule has 3 heterocycles. The Hall–Kier alpha value is -2.00. The zero-order valence-electron chi connectivity index (χ0n) is 11.7. The number of esters is 1. The lowest BCUT2D eigenvalue weighted by atomic mass is 10.1. The minimum absolute atomic E-state index is 0.120. The number of hydrogen-bond donors (Lipinski definition) is 1. The summed E-state index contributed by atoms with van der Waals surface area (Å²) >= 11 is 0. The Kier molecular flexibility index (Phi) is 3.60. The fourth-order valence-electron chi connectivity index (χ4n) is 2.73. The van der Waals surface area contributed by atoms with Gasteiger partial charge in [0.05, 0.1) is 32.6 Å². The van der Waals surface area contributed by atoms with E-state index in [0.717, 1.165) is 0 Å². The molecule has 1 N–H and O–H groups in total. The molecule has 0 spiro atoms. The summed E-state index contributed by atoms with van der Waals surface area (Å²) in [7, 11) is 1.29. The van der Waals surface area contributed by atoms with Crippen LogP contribution in [0.5, 0.6) is 0 Å². The normalized spacial score (nSPS) is 31.0. The zero-order chi connectivity index (χ0) is 15.0. The molecule has 1 amide bonds. The highest BCUT2D eigenvalue weighted by molar-refractivity contribution is 5.86. The van der Waals surface area contributed by atoms with Gasteiger partial charge in [0.2, 0.25) is 5.91 Å². The first kappa shape index (κ1) is 14.0. The number of carbonyl (C=O) groups excluding carboxylic acids is 2. The van der Waals surface area contributed by atoms with Crippen LogP contribution >= 0.6 is 0 Å². The van der Waals surface area contributed by atoms with Gasteiger partial charge in [-0.15, -0.1) is 5.10 Å². The van der Waals surface area contributed by atoms with Gasteiger partial charge in [-0.05, 0) is 0 Å². The Morgan fingerprint density at radius 2 is 2.14 bits per heavy atom. The molecule has 4 unspecified atom stereocenters. The number of rotatable bonds is 3. The van der Waals surface area contributed by atoms with Crippen molar-refractivity contribution >= 4 is 11.9 Å². The molecule has 0 bridgehead atoms. The van der Waals surface area contributed by atoms with Gasteiger partial charge in [0.25, 0.3) is 0 Å². The van der Waals surface area contributed by atoms with Crippen molar-refractivity contribution in [3.8, 4) is 0 Å². The topological polar surface area (TPSA) is 105 Å². The standard InChI is InChI=1S/C12H16N4O5/c1-6(17)13-8-4-20-11-9(5-21-10(8)11)16-3-7(14-15-16)12(18)19-2/h3,8-11H,4-5H2,1-2H3,(H,13,17). The highest BCUT2D eigenvalue weighted by Crippen LogP contribution is 2.33. The summed E-state index contributed by atoms with van der Waals surface area (Å²) in [5.41, 5.74) is 0.136. The van der Waals surface area contributed by atoms with Crippen LogP contribution < -0.4 is 5.32 Å². The monoisotopic (exact) mass is 296 g/mol. The van der Waals surface area contributed by atoms with E-state index in [9.17, 15) is 9.59 Å². The van der Waals surface area contributed by atoms with E-state index < -0.39 is 5.97 Å². The highest BCUT2D eigenvalue weighted by Gasteiger charge is 2.49. The van der Waals surface area contributed by atoms with Gasteiger partial charge in [-0.3, -0.25) is 4.79 Å². The van der Waals surface area contributed by atoms with Crippen molar-refractivity contribution in [2.75, 3.05) is 20.3 Å². The van der Waals surface area contributed by atoms with Crippen molar-refractivity contribution in [2.24, 2.45) is 0 Å². The van der Waals surface area contributed by atoms with Crippen LogP contribution in [-0.4, -0.2) is 65.4 Å². The third kappa shape index (κ3) is 2.49. The molecule has 2 fully saturated rings. The summed E-state index contributed by atoms with van der Waals surface area (Å²) < 4.78 is 17.6. The molecule has 4 atom stereocenters. The summed E-state index contributed by atoms with van der Waals surface area (Å²) in [6.45, 7) is 2.24. The molecule has 114 valence electrons. The minimum atomic E-state index is -0.542. The van der Waals surface area contributed by atoms with Gasteiger partial charge >= 0.3 is 5.97 Å². The summed E-state index contributed by atoms with van der Waals surface area (Å²) in [6.07, 6.45) is 1.07. The third-order valence-corrected chi connectivity index (χ3v) is 3.66. The molecule has 2 saturated heterocycles. The second kappa shape index (κ2) is 5.41. The van der Waals surface area contributed by atoms with Crippen molar-refractivity contribution in [1.29, 1.82) is 0 Å². The summed E-state index contributed by atoms with van der Waals surface area (Å²) in [4.78, 5) is 22.5. The number of amides is 1. The van der Waals surface area contributed by atoms with E-state index in [1.165, 1.54) is 20.2 Å². The fourth-order valence-corrected chi connectivity index (χ4v) is 2.73. The van der Waals surface area contributed by atoms with Crippen molar-refractivity contribution in [3.63, 3.8) is 0 Å². The molecule has 2 aliphatic heterocycles. The van der Waals surface area contributed by atoms with E-state index in [1.54, 1.807) is 4.68 Å². The van der Waals surface area contributed by atoms with Crippen LogP contribution in [0.25, 0.3) is 0 Å². The van der Waals surface area contributed by atoms with Crippen molar-refractivity contribution < 1.29 is 23.8 Å².